The number of rotatable bonds is 8. The highest BCUT2D eigenvalue weighted by atomic mass is 16.2. The van der Waals surface area contributed by atoms with Crippen molar-refractivity contribution in [1.82, 2.24) is 54.2 Å². The largest absolute Gasteiger partial charge is 0.382 e. The normalized spacial score (nSPS) is 11.7. The zero-order valence-corrected chi connectivity index (χ0v) is 23.7. The van der Waals surface area contributed by atoms with Crippen LogP contribution < -0.4 is 28.9 Å². The van der Waals surface area contributed by atoms with Crippen molar-refractivity contribution >= 4 is 46.5 Å². The monoisotopic (exact) mass is 602 g/mol. The SMILES string of the molecule is Cc1nn(-c2cc(-n3nc(C)c(N=Nc4c(C(=O)N(N)N)cnn4C)c3N)ncn2)c(N)c1N=Nc1c(C(N)=O)cnn1C. The van der Waals surface area contributed by atoms with E-state index >= 15 is 0 Å². The maximum Gasteiger partial charge on any atom is 0.287 e. The number of carbonyl (C=O) groups is 2. The van der Waals surface area contributed by atoms with Crippen LogP contribution in [0.5, 0.6) is 0 Å². The van der Waals surface area contributed by atoms with Gasteiger partial charge in [-0.05, 0) is 13.8 Å². The van der Waals surface area contributed by atoms with E-state index in [-0.39, 0.29) is 57.4 Å². The van der Waals surface area contributed by atoms with Gasteiger partial charge in [-0.15, -0.1) is 20.5 Å². The third-order valence-electron chi connectivity index (χ3n) is 6.23. The van der Waals surface area contributed by atoms with Crippen LogP contribution in [0.4, 0.5) is 34.6 Å². The van der Waals surface area contributed by atoms with Gasteiger partial charge in [0.1, 0.15) is 17.5 Å². The number of nitrogens with zero attached hydrogens (tertiary/aromatic N) is 15. The van der Waals surface area contributed by atoms with Gasteiger partial charge in [0.25, 0.3) is 11.8 Å². The third kappa shape index (κ3) is 5.07. The number of nitrogen functional groups attached to an aromatic ring is 2. The lowest BCUT2D eigenvalue weighted by Crippen LogP contribution is -2.43. The minimum Gasteiger partial charge on any atom is -0.382 e. The van der Waals surface area contributed by atoms with Crippen LogP contribution in [-0.2, 0) is 14.1 Å². The fourth-order valence-corrected chi connectivity index (χ4v) is 4.00. The van der Waals surface area contributed by atoms with Crippen molar-refractivity contribution in [3.63, 3.8) is 0 Å². The summed E-state index contributed by atoms with van der Waals surface area (Å²) in [7, 11) is 3.16. The average Bonchev–Trinajstić information content (AvgIpc) is 3.70. The highest BCUT2D eigenvalue weighted by Crippen LogP contribution is 2.33. The van der Waals surface area contributed by atoms with Crippen LogP contribution in [0.2, 0.25) is 0 Å². The molecule has 0 atom stereocenters. The minimum atomic E-state index is -0.717. The van der Waals surface area contributed by atoms with Crippen LogP contribution in [0.3, 0.4) is 0 Å². The first kappa shape index (κ1) is 29.1. The molecule has 5 rings (SSSR count). The number of nitrogens with two attached hydrogens (primary N) is 5. The topological polar surface area (TPSA) is 314 Å². The molecule has 0 spiro atoms. The summed E-state index contributed by atoms with van der Waals surface area (Å²) in [6.45, 7) is 3.34. The highest BCUT2D eigenvalue weighted by molar-refractivity contribution is 5.97. The molecule has 0 fully saturated rings. The second-order valence-corrected chi connectivity index (χ2v) is 9.18. The molecule has 0 unspecified atom stereocenters. The first-order valence-electron chi connectivity index (χ1n) is 12.4. The smallest absolute Gasteiger partial charge is 0.287 e. The first-order chi connectivity index (χ1) is 20.9. The summed E-state index contributed by atoms with van der Waals surface area (Å²) in [4.78, 5) is 32.5. The first-order valence-corrected chi connectivity index (χ1v) is 12.4. The van der Waals surface area contributed by atoms with Crippen molar-refractivity contribution in [3.8, 4) is 11.6 Å². The van der Waals surface area contributed by atoms with Gasteiger partial charge in [0.05, 0.1) is 23.8 Å². The van der Waals surface area contributed by atoms with Crippen LogP contribution in [0.15, 0.2) is 45.2 Å². The predicted molar refractivity (Wildman–Crippen MR) is 152 cm³/mol. The molecule has 0 aliphatic heterocycles. The standard InChI is InChI=1S/C22H26N20O2/c1-9-15(32-34-20-11(19(25)43)6-30-38(20)3)17(23)40(36-9)13-5-14(29-8-28-13)41-18(24)16(10(2)37-41)33-35-21-12(7-31-39(21)4)22(44)42(26)27/h5-8H,23-24,26-27H2,1-4H3,(H2,25,43). The van der Waals surface area contributed by atoms with Gasteiger partial charge in [-0.3, -0.25) is 9.59 Å². The number of anilines is 2. The fourth-order valence-electron chi connectivity index (χ4n) is 4.00. The zero-order chi connectivity index (χ0) is 31.9. The number of hydrogen-bond donors (Lipinski definition) is 5. The van der Waals surface area contributed by atoms with E-state index in [2.05, 4.69) is 50.8 Å². The fraction of sp³-hybridized carbons (Fsp3) is 0.182. The Morgan fingerprint density at radius 2 is 1.23 bits per heavy atom. The Labute approximate surface area is 246 Å². The van der Waals surface area contributed by atoms with E-state index in [9.17, 15) is 9.59 Å². The molecule has 2 amide bonds. The van der Waals surface area contributed by atoms with Gasteiger partial charge in [-0.1, -0.05) is 0 Å². The van der Waals surface area contributed by atoms with Crippen LogP contribution in [-0.4, -0.2) is 66.0 Å². The molecular formula is C22H26N20O2. The van der Waals surface area contributed by atoms with Gasteiger partial charge < -0.3 is 17.2 Å². The van der Waals surface area contributed by atoms with E-state index in [1.54, 1.807) is 27.9 Å². The summed E-state index contributed by atoms with van der Waals surface area (Å²) in [5.41, 5.74) is 19.5. The van der Waals surface area contributed by atoms with E-state index in [0.29, 0.717) is 16.5 Å². The van der Waals surface area contributed by atoms with Crippen molar-refractivity contribution in [1.29, 1.82) is 0 Å². The number of primary amides is 1. The molecule has 0 aliphatic rings. The summed E-state index contributed by atoms with van der Waals surface area (Å²) >= 11 is 0. The Morgan fingerprint density at radius 1 is 0.773 bits per heavy atom. The molecule has 0 radical (unpaired) electrons. The van der Waals surface area contributed by atoms with Crippen LogP contribution >= 0.6 is 0 Å². The number of aryl methyl sites for hydroxylation is 4. The molecular weight excluding hydrogens is 576 g/mol. The van der Waals surface area contributed by atoms with E-state index in [0.717, 1.165) is 0 Å². The molecule has 0 saturated heterocycles. The number of aromatic nitrogens is 10. The molecule has 0 bridgehead atoms. The summed E-state index contributed by atoms with van der Waals surface area (Å²) < 4.78 is 5.33. The maximum atomic E-state index is 12.3. The number of carbonyl (C=O) groups excluding carboxylic acids is 2. The quantitative estimate of drug-likeness (QED) is 0.0689. The Balaban J connectivity index is 1.47. The number of azo groups is 2. The second-order valence-electron chi connectivity index (χ2n) is 9.18. The van der Waals surface area contributed by atoms with Crippen LogP contribution in [0.1, 0.15) is 32.1 Å². The molecule has 5 aromatic rings. The van der Waals surface area contributed by atoms with E-state index in [4.69, 9.17) is 28.9 Å². The maximum absolute atomic E-state index is 12.3. The van der Waals surface area contributed by atoms with E-state index < -0.39 is 11.8 Å². The van der Waals surface area contributed by atoms with Crippen molar-refractivity contribution in [3.05, 3.63) is 47.3 Å². The molecule has 5 aromatic heterocycles. The van der Waals surface area contributed by atoms with E-state index in [1.807, 2.05) is 0 Å². The van der Waals surface area contributed by atoms with Crippen LogP contribution in [0, 0.1) is 13.8 Å². The number of hydrogen-bond acceptors (Lipinski definition) is 16. The Bertz CT molecular complexity index is 1970. The Hall–Kier alpha value is -6.42. The molecule has 0 aliphatic carbocycles. The van der Waals surface area contributed by atoms with Crippen molar-refractivity contribution < 1.29 is 9.59 Å². The lowest BCUT2D eigenvalue weighted by atomic mass is 10.3. The molecule has 0 saturated carbocycles. The van der Waals surface area contributed by atoms with Gasteiger partial charge in [0.2, 0.25) is 0 Å². The highest BCUT2D eigenvalue weighted by Gasteiger charge is 2.22. The minimum absolute atomic E-state index is 0.0324. The van der Waals surface area contributed by atoms with Crippen LogP contribution in [0.25, 0.3) is 11.6 Å². The van der Waals surface area contributed by atoms with E-state index in [1.165, 1.54) is 43.5 Å². The molecule has 44 heavy (non-hydrogen) atoms. The van der Waals surface area contributed by atoms with Gasteiger partial charge in [0.15, 0.2) is 46.3 Å². The molecule has 10 N–H and O–H groups in total. The van der Waals surface area contributed by atoms with Crippen molar-refractivity contribution in [2.24, 2.45) is 52.0 Å². The summed E-state index contributed by atoms with van der Waals surface area (Å²) in [6.07, 6.45) is 3.83. The molecule has 0 aromatic carbocycles. The summed E-state index contributed by atoms with van der Waals surface area (Å²) in [6, 6.07) is 1.54. The zero-order valence-electron chi connectivity index (χ0n) is 23.7. The summed E-state index contributed by atoms with van der Waals surface area (Å²) in [5.74, 6) is 10.3. The molecule has 226 valence electrons. The lowest BCUT2D eigenvalue weighted by Gasteiger charge is -2.07. The Kier molecular flexibility index (Phi) is 7.34. The Morgan fingerprint density at radius 3 is 1.68 bits per heavy atom. The van der Waals surface area contributed by atoms with Gasteiger partial charge in [-0.2, -0.15) is 29.8 Å². The van der Waals surface area contributed by atoms with Gasteiger partial charge in [0, 0.05) is 20.2 Å². The number of hydrazine groups is 2. The van der Waals surface area contributed by atoms with Crippen molar-refractivity contribution in [2.45, 2.75) is 13.8 Å². The van der Waals surface area contributed by atoms with Gasteiger partial charge in [-0.25, -0.2) is 36.1 Å². The second kappa shape index (κ2) is 11.1. The lowest BCUT2D eigenvalue weighted by molar-refractivity contribution is 0.0756. The molecule has 22 nitrogen and oxygen atoms in total. The average molecular weight is 603 g/mol. The van der Waals surface area contributed by atoms with Gasteiger partial charge >= 0.3 is 0 Å². The summed E-state index contributed by atoms with van der Waals surface area (Å²) in [5, 5.41) is 33.9. The molecule has 5 heterocycles. The third-order valence-corrected chi connectivity index (χ3v) is 6.23. The molecule has 22 heteroatoms. The number of amides is 2. The van der Waals surface area contributed by atoms with Crippen molar-refractivity contribution in [2.75, 3.05) is 11.5 Å². The predicted octanol–water partition coefficient (Wildman–Crippen LogP) is 0.216.